The summed E-state index contributed by atoms with van der Waals surface area (Å²) in [5.41, 5.74) is 1.34. The van der Waals surface area contributed by atoms with Crippen molar-refractivity contribution in [1.29, 1.82) is 0 Å². The molecule has 156 valence electrons. The third-order valence-corrected chi connectivity index (χ3v) is 4.49. The number of amides is 1. The van der Waals surface area contributed by atoms with Crippen molar-refractivity contribution in [1.82, 2.24) is 10.2 Å². The molecule has 4 nitrogen and oxygen atoms in total. The fourth-order valence-corrected chi connectivity index (χ4v) is 2.99. The first-order chi connectivity index (χ1) is 14.2. The lowest BCUT2D eigenvalue weighted by molar-refractivity contribution is -0.120. The molecule has 0 unspecified atom stereocenters. The third-order valence-electron chi connectivity index (χ3n) is 4.49. The van der Waals surface area contributed by atoms with Crippen LogP contribution >= 0.6 is 0 Å². The van der Waals surface area contributed by atoms with Gasteiger partial charge in [-0.05, 0) is 30.2 Å². The van der Waals surface area contributed by atoms with Crippen molar-refractivity contribution in [3.63, 3.8) is 0 Å². The Labute approximate surface area is 172 Å². The minimum Gasteiger partial charge on any atom is -0.472 e. The average Bonchev–Trinajstić information content (AvgIpc) is 3.22. The number of hydrogen-bond donors (Lipinski definition) is 1. The van der Waals surface area contributed by atoms with Gasteiger partial charge in [-0.3, -0.25) is 4.79 Å². The van der Waals surface area contributed by atoms with E-state index in [4.69, 9.17) is 4.42 Å². The van der Waals surface area contributed by atoms with Crippen molar-refractivity contribution in [2.24, 2.45) is 0 Å². The van der Waals surface area contributed by atoms with Gasteiger partial charge >= 0.3 is 6.18 Å². The number of nitrogens with zero attached hydrogens (tertiary/aromatic N) is 1. The fraction of sp³-hybridized carbons (Fsp3) is 0.174. The van der Waals surface area contributed by atoms with Gasteiger partial charge in [-0.1, -0.05) is 36.9 Å². The maximum Gasteiger partial charge on any atom is 0.418 e. The molecule has 1 aromatic carbocycles. The first-order valence-electron chi connectivity index (χ1n) is 9.23. The number of halogens is 3. The van der Waals surface area contributed by atoms with Crippen LogP contribution in [0.1, 0.15) is 24.5 Å². The van der Waals surface area contributed by atoms with Gasteiger partial charge in [0.2, 0.25) is 5.91 Å². The zero-order chi connectivity index (χ0) is 21.7. The summed E-state index contributed by atoms with van der Waals surface area (Å²) in [5.74, 6) is -0.221. The molecule has 3 rings (SSSR count). The Morgan fingerprint density at radius 2 is 1.97 bits per heavy atom. The van der Waals surface area contributed by atoms with Crippen molar-refractivity contribution >= 4 is 11.5 Å². The molecule has 0 bridgehead atoms. The Bertz CT molecular complexity index is 1000. The van der Waals surface area contributed by atoms with Gasteiger partial charge in [0.15, 0.2) is 0 Å². The highest BCUT2D eigenvalue weighted by molar-refractivity contribution is 5.79. The van der Waals surface area contributed by atoms with Crippen LogP contribution in [0.2, 0.25) is 0 Å². The number of rotatable bonds is 6. The summed E-state index contributed by atoms with van der Waals surface area (Å²) in [4.78, 5) is 13.5. The molecule has 0 atom stereocenters. The highest BCUT2D eigenvalue weighted by Crippen LogP contribution is 2.38. The maximum absolute atomic E-state index is 13.5. The zero-order valence-corrected chi connectivity index (χ0v) is 16.4. The standard InChI is InChI=1S/C23H21F3N2O2/c1-16(10-22(29)27-12-18-6-4-3-5-7-18)13-28-14-20(19-8-9-30-15-19)11-21(17(28)2)23(24,25)26/h3-9,11,13-15H,2,10,12H2,1H3,(H,27,29)/b16-13+. The number of carbonyl (C=O) groups excluding carboxylic acids is 1. The van der Waals surface area contributed by atoms with E-state index in [9.17, 15) is 18.0 Å². The molecule has 7 heteroatoms. The largest absolute Gasteiger partial charge is 0.472 e. The Morgan fingerprint density at radius 1 is 1.23 bits per heavy atom. The van der Waals surface area contributed by atoms with E-state index in [1.807, 2.05) is 30.3 Å². The quantitative estimate of drug-likeness (QED) is 0.674. The summed E-state index contributed by atoms with van der Waals surface area (Å²) in [6.07, 6.45) is 2.32. The van der Waals surface area contributed by atoms with Gasteiger partial charge in [0, 0.05) is 42.2 Å². The Morgan fingerprint density at radius 3 is 2.60 bits per heavy atom. The fourth-order valence-electron chi connectivity index (χ4n) is 2.99. The lowest BCUT2D eigenvalue weighted by atomic mass is 10.0. The summed E-state index contributed by atoms with van der Waals surface area (Å²) in [6.45, 7) is 5.66. The van der Waals surface area contributed by atoms with Crippen LogP contribution < -0.4 is 5.32 Å². The number of alkyl halides is 3. The molecule has 0 saturated carbocycles. The summed E-state index contributed by atoms with van der Waals surface area (Å²) in [5, 5.41) is 2.80. The molecule has 0 saturated heterocycles. The van der Waals surface area contributed by atoms with Gasteiger partial charge < -0.3 is 14.6 Å². The van der Waals surface area contributed by atoms with Gasteiger partial charge in [-0.25, -0.2) is 0 Å². The van der Waals surface area contributed by atoms with E-state index in [0.717, 1.165) is 11.6 Å². The van der Waals surface area contributed by atoms with Crippen LogP contribution in [0, 0.1) is 0 Å². The summed E-state index contributed by atoms with van der Waals surface area (Å²) in [7, 11) is 0. The van der Waals surface area contributed by atoms with Crippen molar-refractivity contribution in [2.75, 3.05) is 0 Å². The minimum absolute atomic E-state index is 0.0521. The monoisotopic (exact) mass is 414 g/mol. The van der Waals surface area contributed by atoms with Crippen LogP contribution in [0.5, 0.6) is 0 Å². The van der Waals surface area contributed by atoms with Crippen LogP contribution in [-0.2, 0) is 11.3 Å². The zero-order valence-electron chi connectivity index (χ0n) is 16.4. The average molecular weight is 414 g/mol. The third kappa shape index (κ3) is 5.31. The molecule has 1 N–H and O–H groups in total. The molecular formula is C23H21F3N2O2. The van der Waals surface area contributed by atoms with Gasteiger partial charge in [-0.2, -0.15) is 13.2 Å². The van der Waals surface area contributed by atoms with Crippen LogP contribution in [-0.4, -0.2) is 17.0 Å². The number of hydrogen-bond acceptors (Lipinski definition) is 3. The normalized spacial score (nSPS) is 15.0. The van der Waals surface area contributed by atoms with Gasteiger partial charge in [0.25, 0.3) is 0 Å². The second-order valence-corrected chi connectivity index (χ2v) is 6.92. The summed E-state index contributed by atoms with van der Waals surface area (Å²) in [6, 6.07) is 11.0. The molecule has 1 amide bonds. The number of allylic oxidation sites excluding steroid dienone is 3. The smallest absolute Gasteiger partial charge is 0.418 e. The Hall–Kier alpha value is -3.48. The molecule has 2 aromatic rings. The maximum atomic E-state index is 13.5. The molecular weight excluding hydrogens is 393 g/mol. The number of furan rings is 1. The molecule has 0 spiro atoms. The minimum atomic E-state index is -4.56. The highest BCUT2D eigenvalue weighted by atomic mass is 19.4. The number of nitrogens with one attached hydrogen (secondary N) is 1. The SMILES string of the molecule is C=C1C(C(F)(F)F)=CC(c2ccoc2)=CN1/C=C(\C)CC(=O)NCc1ccccc1. The van der Waals surface area contributed by atoms with Gasteiger partial charge in [0.1, 0.15) is 0 Å². The van der Waals surface area contributed by atoms with Crippen LogP contribution in [0.4, 0.5) is 13.2 Å². The van der Waals surface area contributed by atoms with E-state index < -0.39 is 11.7 Å². The van der Waals surface area contributed by atoms with Crippen LogP contribution in [0.25, 0.3) is 5.57 Å². The Balaban J connectivity index is 1.74. The highest BCUT2D eigenvalue weighted by Gasteiger charge is 2.38. The van der Waals surface area contributed by atoms with E-state index in [2.05, 4.69) is 11.9 Å². The molecule has 1 aromatic heterocycles. The van der Waals surface area contributed by atoms with Crippen molar-refractivity contribution in [3.05, 3.63) is 102 Å². The molecule has 1 aliphatic rings. The van der Waals surface area contributed by atoms with Crippen molar-refractivity contribution < 1.29 is 22.4 Å². The number of carbonyl (C=O) groups is 1. The van der Waals surface area contributed by atoms with E-state index in [-0.39, 0.29) is 18.0 Å². The number of benzene rings is 1. The second kappa shape index (κ2) is 8.90. The topological polar surface area (TPSA) is 45.5 Å². The molecule has 30 heavy (non-hydrogen) atoms. The van der Waals surface area contributed by atoms with Gasteiger partial charge in [-0.15, -0.1) is 0 Å². The molecule has 0 fully saturated rings. The predicted octanol–water partition coefficient (Wildman–Crippen LogP) is 5.55. The second-order valence-electron chi connectivity index (χ2n) is 6.92. The first-order valence-corrected chi connectivity index (χ1v) is 9.23. The Kier molecular flexibility index (Phi) is 6.30. The van der Waals surface area contributed by atoms with Crippen molar-refractivity contribution in [3.8, 4) is 0 Å². The van der Waals surface area contributed by atoms with E-state index >= 15 is 0 Å². The lowest BCUT2D eigenvalue weighted by Gasteiger charge is -2.28. The summed E-state index contributed by atoms with van der Waals surface area (Å²) < 4.78 is 45.5. The van der Waals surface area contributed by atoms with E-state index in [0.29, 0.717) is 23.3 Å². The molecule has 2 heterocycles. The lowest BCUT2D eigenvalue weighted by Crippen LogP contribution is -2.25. The van der Waals surface area contributed by atoms with Crippen molar-refractivity contribution in [2.45, 2.75) is 26.1 Å². The molecule has 1 aliphatic heterocycles. The molecule has 0 radical (unpaired) electrons. The van der Waals surface area contributed by atoms with E-state index in [1.54, 1.807) is 13.0 Å². The molecule has 0 aliphatic carbocycles. The van der Waals surface area contributed by atoms with E-state index in [1.165, 1.54) is 29.8 Å². The van der Waals surface area contributed by atoms with Crippen LogP contribution in [0.3, 0.4) is 0 Å². The van der Waals surface area contributed by atoms with Crippen LogP contribution in [0.15, 0.2) is 95.2 Å². The predicted molar refractivity (Wildman–Crippen MR) is 108 cm³/mol. The summed E-state index contributed by atoms with van der Waals surface area (Å²) >= 11 is 0. The first kappa shape index (κ1) is 21.2. The van der Waals surface area contributed by atoms with Gasteiger partial charge in [0.05, 0.1) is 18.1 Å².